The summed E-state index contributed by atoms with van der Waals surface area (Å²) in [6.45, 7) is 4.96. The second kappa shape index (κ2) is 11.6. The van der Waals surface area contributed by atoms with Crippen LogP contribution in [-0.2, 0) is 17.7 Å². The number of amides is 1. The highest BCUT2D eigenvalue weighted by molar-refractivity contribution is 6.00. The molecule has 1 N–H and O–H groups in total. The molecular formula is C27H29F2N3O6. The number of aromatic nitrogens is 1. The normalized spacial score (nSPS) is 13.3. The van der Waals surface area contributed by atoms with Gasteiger partial charge in [0.15, 0.2) is 17.2 Å². The van der Waals surface area contributed by atoms with Crippen molar-refractivity contribution in [1.29, 1.82) is 0 Å². The highest BCUT2D eigenvalue weighted by Crippen LogP contribution is 2.24. The summed E-state index contributed by atoms with van der Waals surface area (Å²) in [6, 6.07) is 4.78. The molecule has 0 saturated carbocycles. The SMILES string of the molecule is CC(C)OCCCN1CN(Cc2ccoc2)n2cc(C(=O)CCc3ccc(F)cc3F)c(=O)c(O)c2C1=O. The van der Waals surface area contributed by atoms with Crippen LogP contribution in [0.5, 0.6) is 5.75 Å². The lowest BCUT2D eigenvalue weighted by Crippen LogP contribution is -2.54. The Hall–Kier alpha value is -3.99. The summed E-state index contributed by atoms with van der Waals surface area (Å²) in [7, 11) is 0. The summed E-state index contributed by atoms with van der Waals surface area (Å²) >= 11 is 0. The van der Waals surface area contributed by atoms with Crippen LogP contribution in [-0.4, -0.2) is 52.3 Å². The predicted octanol–water partition coefficient (Wildman–Crippen LogP) is 3.61. The predicted molar refractivity (Wildman–Crippen MR) is 134 cm³/mol. The number of aromatic hydroxyl groups is 1. The van der Waals surface area contributed by atoms with E-state index in [1.165, 1.54) is 34.4 Å². The molecule has 9 nitrogen and oxygen atoms in total. The fourth-order valence-electron chi connectivity index (χ4n) is 4.26. The lowest BCUT2D eigenvalue weighted by Gasteiger charge is -2.39. The van der Waals surface area contributed by atoms with Gasteiger partial charge in [-0.1, -0.05) is 6.07 Å². The number of carbonyl (C=O) groups is 2. The van der Waals surface area contributed by atoms with Gasteiger partial charge in [0.2, 0.25) is 5.43 Å². The van der Waals surface area contributed by atoms with E-state index in [0.717, 1.165) is 17.7 Å². The van der Waals surface area contributed by atoms with Gasteiger partial charge in [-0.15, -0.1) is 0 Å². The van der Waals surface area contributed by atoms with E-state index in [9.17, 15) is 28.3 Å². The number of carbonyl (C=O) groups excluding carboxylic acids is 2. The third-order valence-corrected chi connectivity index (χ3v) is 6.20. The van der Waals surface area contributed by atoms with E-state index < -0.39 is 34.5 Å². The number of halogens is 2. The molecule has 0 aliphatic carbocycles. The van der Waals surface area contributed by atoms with Gasteiger partial charge >= 0.3 is 0 Å². The average Bonchev–Trinajstić information content (AvgIpc) is 3.38. The number of nitrogens with zero attached hydrogens (tertiary/aromatic N) is 3. The Morgan fingerprint density at radius 3 is 2.68 bits per heavy atom. The largest absolute Gasteiger partial charge is 0.502 e. The standard InChI is InChI=1S/C27H29F2N3O6/c1-17(2)38-10-3-9-30-16-31(13-18-8-11-37-15-18)32-14-21(25(34)26(35)24(32)27(30)36)23(33)7-5-19-4-6-20(28)12-22(19)29/h4,6,8,11-12,14-15,17,35H,3,5,7,9-10,13,16H2,1-2H3. The highest BCUT2D eigenvalue weighted by atomic mass is 19.1. The zero-order chi connectivity index (χ0) is 27.4. The second-order valence-electron chi connectivity index (χ2n) is 9.35. The minimum absolute atomic E-state index is 0.0449. The van der Waals surface area contributed by atoms with Crippen molar-refractivity contribution >= 4 is 11.7 Å². The smallest absolute Gasteiger partial charge is 0.277 e. The van der Waals surface area contributed by atoms with E-state index in [4.69, 9.17) is 9.15 Å². The third kappa shape index (κ3) is 5.94. The Kier molecular flexibility index (Phi) is 8.26. The molecule has 1 aromatic carbocycles. The lowest BCUT2D eigenvalue weighted by molar-refractivity contribution is 0.0566. The first kappa shape index (κ1) is 27.1. The van der Waals surface area contributed by atoms with Crippen molar-refractivity contribution in [2.45, 2.75) is 45.8 Å². The molecule has 0 bridgehead atoms. The van der Waals surface area contributed by atoms with Crippen molar-refractivity contribution in [3.63, 3.8) is 0 Å². The first-order chi connectivity index (χ1) is 18.2. The van der Waals surface area contributed by atoms with Crippen LogP contribution in [0, 0.1) is 11.6 Å². The summed E-state index contributed by atoms with van der Waals surface area (Å²) in [5, 5.41) is 12.5. The van der Waals surface area contributed by atoms with Crippen LogP contribution in [0.15, 0.2) is 52.2 Å². The van der Waals surface area contributed by atoms with Gasteiger partial charge in [-0.2, -0.15) is 0 Å². The quantitative estimate of drug-likeness (QED) is 0.299. The molecule has 11 heteroatoms. The number of fused-ring (bicyclic) bond motifs is 1. The van der Waals surface area contributed by atoms with Crippen molar-refractivity contribution < 1.29 is 32.6 Å². The number of aryl methyl sites for hydroxylation is 1. The monoisotopic (exact) mass is 529 g/mol. The molecule has 0 radical (unpaired) electrons. The molecule has 3 aromatic rings. The van der Waals surface area contributed by atoms with Gasteiger partial charge in [0.05, 0.1) is 30.7 Å². The van der Waals surface area contributed by atoms with Crippen molar-refractivity contribution in [2.24, 2.45) is 0 Å². The summed E-state index contributed by atoms with van der Waals surface area (Å²) < 4.78 is 39.2. The molecule has 202 valence electrons. The van der Waals surface area contributed by atoms with Crippen LogP contribution >= 0.6 is 0 Å². The molecule has 0 unspecified atom stereocenters. The van der Waals surface area contributed by atoms with Crippen molar-refractivity contribution in [3.8, 4) is 5.75 Å². The van der Waals surface area contributed by atoms with Crippen LogP contribution < -0.4 is 10.4 Å². The van der Waals surface area contributed by atoms with E-state index >= 15 is 0 Å². The Morgan fingerprint density at radius 1 is 1.21 bits per heavy atom. The maximum absolute atomic E-state index is 14.0. The fraction of sp³-hybridized carbons (Fsp3) is 0.370. The molecule has 0 atom stereocenters. The number of furan rings is 1. The van der Waals surface area contributed by atoms with E-state index in [2.05, 4.69) is 0 Å². The van der Waals surface area contributed by atoms with E-state index in [1.807, 2.05) is 13.8 Å². The molecular weight excluding hydrogens is 500 g/mol. The Balaban J connectivity index is 1.62. The van der Waals surface area contributed by atoms with Crippen LogP contribution in [0.3, 0.4) is 0 Å². The topological polar surface area (TPSA) is 105 Å². The second-order valence-corrected chi connectivity index (χ2v) is 9.35. The van der Waals surface area contributed by atoms with Crippen molar-refractivity contribution in [3.05, 3.63) is 87.2 Å². The molecule has 0 saturated heterocycles. The minimum atomic E-state index is -0.984. The minimum Gasteiger partial charge on any atom is -0.502 e. The van der Waals surface area contributed by atoms with E-state index in [-0.39, 0.29) is 49.0 Å². The van der Waals surface area contributed by atoms with Gasteiger partial charge in [-0.25, -0.2) is 8.78 Å². The van der Waals surface area contributed by atoms with Gasteiger partial charge < -0.3 is 19.2 Å². The molecule has 0 spiro atoms. The molecule has 38 heavy (non-hydrogen) atoms. The number of ketones is 1. The Morgan fingerprint density at radius 2 is 2.00 bits per heavy atom. The van der Waals surface area contributed by atoms with Gasteiger partial charge in [0.25, 0.3) is 5.91 Å². The summed E-state index contributed by atoms with van der Waals surface area (Å²) in [6.07, 6.45) is 4.53. The molecule has 4 rings (SSSR count). The van der Waals surface area contributed by atoms with Gasteiger partial charge in [0, 0.05) is 37.4 Å². The van der Waals surface area contributed by atoms with E-state index in [0.29, 0.717) is 19.6 Å². The average molecular weight is 530 g/mol. The number of hydrogen-bond acceptors (Lipinski definition) is 7. The third-order valence-electron chi connectivity index (χ3n) is 6.20. The first-order valence-electron chi connectivity index (χ1n) is 12.3. The molecule has 0 fully saturated rings. The van der Waals surface area contributed by atoms with Gasteiger partial charge in [-0.3, -0.25) is 24.1 Å². The number of Topliss-reactive ketones (excluding diaryl/α,β-unsaturated/α-hetero) is 1. The number of rotatable bonds is 11. The number of ether oxygens (including phenoxy) is 1. The number of pyridine rings is 1. The van der Waals surface area contributed by atoms with Crippen LogP contribution in [0.2, 0.25) is 0 Å². The molecule has 1 amide bonds. The zero-order valence-electron chi connectivity index (χ0n) is 21.2. The number of benzene rings is 1. The first-order valence-corrected chi connectivity index (χ1v) is 12.3. The number of hydrogen-bond donors (Lipinski definition) is 1. The maximum Gasteiger partial charge on any atom is 0.277 e. The maximum atomic E-state index is 14.0. The van der Waals surface area contributed by atoms with Crippen LogP contribution in [0.1, 0.15) is 58.7 Å². The highest BCUT2D eigenvalue weighted by Gasteiger charge is 2.34. The summed E-state index contributed by atoms with van der Waals surface area (Å²) in [5.41, 5.74) is -0.683. The molecule has 2 aromatic heterocycles. The van der Waals surface area contributed by atoms with Gasteiger partial charge in [-0.05, 0) is 44.4 Å². The lowest BCUT2D eigenvalue weighted by atomic mass is 10.0. The molecule has 3 heterocycles. The van der Waals surface area contributed by atoms with Crippen LogP contribution in [0.25, 0.3) is 0 Å². The van der Waals surface area contributed by atoms with Gasteiger partial charge in [0.1, 0.15) is 18.3 Å². The fourth-order valence-corrected chi connectivity index (χ4v) is 4.26. The van der Waals surface area contributed by atoms with Crippen molar-refractivity contribution in [2.75, 3.05) is 24.8 Å². The van der Waals surface area contributed by atoms with Crippen LogP contribution in [0.4, 0.5) is 8.78 Å². The zero-order valence-corrected chi connectivity index (χ0v) is 21.2. The van der Waals surface area contributed by atoms with E-state index in [1.54, 1.807) is 11.1 Å². The Bertz CT molecular complexity index is 1370. The van der Waals surface area contributed by atoms with Crippen molar-refractivity contribution in [1.82, 2.24) is 9.58 Å². The summed E-state index contributed by atoms with van der Waals surface area (Å²) in [5.74, 6) is -3.57. The Labute approximate surface area is 217 Å². The molecule has 1 aliphatic rings. The molecule has 1 aliphatic heterocycles. The summed E-state index contributed by atoms with van der Waals surface area (Å²) in [4.78, 5) is 40.8.